The molecule has 0 saturated heterocycles. The first-order valence-electron chi connectivity index (χ1n) is 7.35. The number of carboxylic acid groups (broad SMARTS) is 1. The second kappa shape index (κ2) is 7.45. The molecule has 2 aromatic carbocycles. The molecule has 0 aliphatic carbocycles. The van der Waals surface area contributed by atoms with Gasteiger partial charge in [0.05, 0.1) is 5.56 Å². The fourth-order valence-electron chi connectivity index (χ4n) is 2.16. The van der Waals surface area contributed by atoms with Gasteiger partial charge in [0.2, 0.25) is 0 Å². The Bertz CT molecular complexity index is 707. The van der Waals surface area contributed by atoms with Gasteiger partial charge in [-0.2, -0.15) is 0 Å². The molecule has 120 valence electrons. The van der Waals surface area contributed by atoms with Gasteiger partial charge < -0.3 is 15.2 Å². The molecule has 0 radical (unpaired) electrons. The molecule has 1 amide bonds. The fourth-order valence-corrected chi connectivity index (χ4v) is 2.16. The van der Waals surface area contributed by atoms with E-state index in [2.05, 4.69) is 12.2 Å². The third-order valence-corrected chi connectivity index (χ3v) is 3.54. The van der Waals surface area contributed by atoms with E-state index in [0.717, 1.165) is 6.42 Å². The summed E-state index contributed by atoms with van der Waals surface area (Å²) in [5, 5.41) is 11.8. The van der Waals surface area contributed by atoms with Gasteiger partial charge in [-0.15, -0.1) is 0 Å². The van der Waals surface area contributed by atoms with Crippen LogP contribution in [-0.4, -0.2) is 23.6 Å². The summed E-state index contributed by atoms with van der Waals surface area (Å²) in [4.78, 5) is 23.0. The predicted molar refractivity (Wildman–Crippen MR) is 88.1 cm³/mol. The van der Waals surface area contributed by atoms with Crippen molar-refractivity contribution in [1.29, 1.82) is 0 Å². The number of amides is 1. The van der Waals surface area contributed by atoms with Crippen molar-refractivity contribution in [2.45, 2.75) is 20.3 Å². The SMILES string of the molecule is CCc1ccc(OCC(=O)Nc2cccc(C(=O)O)c2C)cc1. The van der Waals surface area contributed by atoms with Crippen LogP contribution in [0.5, 0.6) is 5.75 Å². The molecule has 23 heavy (non-hydrogen) atoms. The standard InChI is InChI=1S/C18H19NO4/c1-3-13-7-9-14(10-8-13)23-11-17(20)19-16-6-4-5-15(12(16)2)18(21)22/h4-10H,3,11H2,1-2H3,(H,19,20)(H,21,22). The van der Waals surface area contributed by atoms with Gasteiger partial charge in [-0.25, -0.2) is 4.79 Å². The van der Waals surface area contributed by atoms with Crippen molar-refractivity contribution >= 4 is 17.6 Å². The minimum absolute atomic E-state index is 0.137. The number of carbonyl (C=O) groups is 2. The van der Waals surface area contributed by atoms with Crippen LogP contribution in [0.15, 0.2) is 42.5 Å². The van der Waals surface area contributed by atoms with Crippen LogP contribution in [0.2, 0.25) is 0 Å². The molecule has 0 bridgehead atoms. The predicted octanol–water partition coefficient (Wildman–Crippen LogP) is 3.27. The molecule has 0 fully saturated rings. The Balaban J connectivity index is 1.97. The van der Waals surface area contributed by atoms with E-state index in [1.165, 1.54) is 11.6 Å². The summed E-state index contributed by atoms with van der Waals surface area (Å²) in [5.74, 6) is -0.741. The fraction of sp³-hybridized carbons (Fsp3) is 0.222. The molecule has 0 aliphatic heterocycles. The van der Waals surface area contributed by atoms with E-state index in [4.69, 9.17) is 9.84 Å². The van der Waals surface area contributed by atoms with E-state index in [-0.39, 0.29) is 18.1 Å². The van der Waals surface area contributed by atoms with Crippen LogP contribution in [0.1, 0.15) is 28.4 Å². The molecule has 2 rings (SSSR count). The number of hydrogen-bond donors (Lipinski definition) is 2. The van der Waals surface area contributed by atoms with Crippen LogP contribution >= 0.6 is 0 Å². The van der Waals surface area contributed by atoms with E-state index in [0.29, 0.717) is 17.0 Å². The lowest BCUT2D eigenvalue weighted by Gasteiger charge is -2.11. The number of aromatic carboxylic acids is 1. The summed E-state index contributed by atoms with van der Waals surface area (Å²) in [7, 11) is 0. The third kappa shape index (κ3) is 4.32. The summed E-state index contributed by atoms with van der Waals surface area (Å²) in [5.41, 5.74) is 2.35. The number of carbonyl (C=O) groups excluding carboxylic acids is 1. The molecule has 2 N–H and O–H groups in total. The quantitative estimate of drug-likeness (QED) is 0.858. The maximum absolute atomic E-state index is 12.0. The van der Waals surface area contributed by atoms with Crippen molar-refractivity contribution < 1.29 is 19.4 Å². The van der Waals surface area contributed by atoms with Gasteiger partial charge in [0, 0.05) is 5.69 Å². The van der Waals surface area contributed by atoms with Gasteiger partial charge in [-0.3, -0.25) is 4.79 Å². The van der Waals surface area contributed by atoms with E-state index in [1.54, 1.807) is 19.1 Å². The van der Waals surface area contributed by atoms with Crippen LogP contribution in [0.25, 0.3) is 0 Å². The van der Waals surface area contributed by atoms with Gasteiger partial charge in [-0.1, -0.05) is 25.1 Å². The maximum Gasteiger partial charge on any atom is 0.336 e. The number of benzene rings is 2. The number of aryl methyl sites for hydroxylation is 1. The van der Waals surface area contributed by atoms with Crippen LogP contribution in [0, 0.1) is 6.92 Å². The van der Waals surface area contributed by atoms with Crippen molar-refractivity contribution in [3.63, 3.8) is 0 Å². The van der Waals surface area contributed by atoms with Crippen molar-refractivity contribution in [2.24, 2.45) is 0 Å². The smallest absolute Gasteiger partial charge is 0.336 e. The number of hydrogen-bond acceptors (Lipinski definition) is 3. The molecule has 0 unspecified atom stereocenters. The summed E-state index contributed by atoms with van der Waals surface area (Å²) in [6.45, 7) is 3.59. The number of carboxylic acids is 1. The maximum atomic E-state index is 12.0. The first-order chi connectivity index (χ1) is 11.0. The van der Waals surface area contributed by atoms with Crippen molar-refractivity contribution in [1.82, 2.24) is 0 Å². The number of rotatable bonds is 6. The summed E-state index contributed by atoms with van der Waals surface area (Å²) in [6, 6.07) is 12.3. The van der Waals surface area contributed by atoms with Crippen LogP contribution in [-0.2, 0) is 11.2 Å². The van der Waals surface area contributed by atoms with Gasteiger partial charge in [0.25, 0.3) is 5.91 Å². The lowest BCUT2D eigenvalue weighted by Crippen LogP contribution is -2.21. The van der Waals surface area contributed by atoms with E-state index in [1.807, 2.05) is 24.3 Å². The highest BCUT2D eigenvalue weighted by molar-refractivity contribution is 5.96. The third-order valence-electron chi connectivity index (χ3n) is 3.54. The zero-order valence-corrected chi connectivity index (χ0v) is 13.1. The molecule has 5 nitrogen and oxygen atoms in total. The average molecular weight is 313 g/mol. The van der Waals surface area contributed by atoms with Crippen molar-refractivity contribution in [3.05, 3.63) is 59.2 Å². The minimum Gasteiger partial charge on any atom is -0.484 e. The molecule has 0 saturated carbocycles. The molecular formula is C18H19NO4. The van der Waals surface area contributed by atoms with Gasteiger partial charge in [-0.05, 0) is 48.7 Å². The van der Waals surface area contributed by atoms with E-state index < -0.39 is 5.97 Å². The topological polar surface area (TPSA) is 75.6 Å². The largest absolute Gasteiger partial charge is 0.484 e. The van der Waals surface area contributed by atoms with Gasteiger partial charge in [0.15, 0.2) is 6.61 Å². The summed E-state index contributed by atoms with van der Waals surface area (Å²) >= 11 is 0. The average Bonchev–Trinajstić information content (AvgIpc) is 2.55. The number of nitrogens with one attached hydrogen (secondary N) is 1. The highest BCUT2D eigenvalue weighted by Gasteiger charge is 2.12. The monoisotopic (exact) mass is 313 g/mol. The summed E-state index contributed by atoms with van der Waals surface area (Å²) < 4.78 is 5.43. The Kier molecular flexibility index (Phi) is 5.36. The van der Waals surface area contributed by atoms with Crippen LogP contribution in [0.4, 0.5) is 5.69 Å². The Morgan fingerprint density at radius 2 is 1.83 bits per heavy atom. The van der Waals surface area contributed by atoms with Gasteiger partial charge >= 0.3 is 5.97 Å². The normalized spacial score (nSPS) is 10.2. The number of anilines is 1. The second-order valence-corrected chi connectivity index (χ2v) is 5.12. The van der Waals surface area contributed by atoms with Crippen LogP contribution < -0.4 is 10.1 Å². The van der Waals surface area contributed by atoms with Crippen molar-refractivity contribution in [2.75, 3.05) is 11.9 Å². The van der Waals surface area contributed by atoms with E-state index >= 15 is 0 Å². The molecule has 0 aliphatic rings. The second-order valence-electron chi connectivity index (χ2n) is 5.12. The first-order valence-corrected chi connectivity index (χ1v) is 7.35. The minimum atomic E-state index is -1.02. The highest BCUT2D eigenvalue weighted by atomic mass is 16.5. The molecule has 5 heteroatoms. The lowest BCUT2D eigenvalue weighted by molar-refractivity contribution is -0.118. The zero-order chi connectivity index (χ0) is 16.8. The molecule has 0 aromatic heterocycles. The summed E-state index contributed by atoms with van der Waals surface area (Å²) in [6.07, 6.45) is 0.944. The zero-order valence-electron chi connectivity index (χ0n) is 13.1. The lowest BCUT2D eigenvalue weighted by atomic mass is 10.1. The van der Waals surface area contributed by atoms with Gasteiger partial charge in [0.1, 0.15) is 5.75 Å². The Morgan fingerprint density at radius 1 is 1.13 bits per heavy atom. The first kappa shape index (κ1) is 16.5. The Hall–Kier alpha value is -2.82. The van der Waals surface area contributed by atoms with E-state index in [9.17, 15) is 9.59 Å². The van der Waals surface area contributed by atoms with Crippen molar-refractivity contribution in [3.8, 4) is 5.75 Å². The molecule has 2 aromatic rings. The number of ether oxygens (including phenoxy) is 1. The molecular weight excluding hydrogens is 294 g/mol. The molecule has 0 spiro atoms. The Morgan fingerprint density at radius 3 is 2.43 bits per heavy atom. The van der Waals surface area contributed by atoms with Crippen LogP contribution in [0.3, 0.4) is 0 Å². The Labute approximate surface area is 134 Å². The molecule has 0 atom stereocenters. The highest BCUT2D eigenvalue weighted by Crippen LogP contribution is 2.19. The molecule has 0 heterocycles.